The Morgan fingerprint density at radius 2 is 1.80 bits per heavy atom. The Bertz CT molecular complexity index is 693. The Morgan fingerprint density at radius 3 is 2.56 bits per heavy atom. The highest BCUT2D eigenvalue weighted by atomic mass is 16.5. The predicted molar refractivity (Wildman–Crippen MR) is 99.9 cm³/mol. The quantitative estimate of drug-likeness (QED) is 0.858. The average Bonchev–Trinajstić information content (AvgIpc) is 2.95. The number of nitrogens with zero attached hydrogens (tertiary/aromatic N) is 3. The van der Waals surface area contributed by atoms with Gasteiger partial charge in [0.05, 0.1) is 12.8 Å². The third kappa shape index (κ3) is 3.70. The summed E-state index contributed by atoms with van der Waals surface area (Å²) in [7, 11) is 1.72. The van der Waals surface area contributed by atoms with Crippen molar-refractivity contribution in [1.29, 1.82) is 0 Å². The van der Waals surface area contributed by atoms with Crippen LogP contribution in [-0.2, 0) is 19.4 Å². The van der Waals surface area contributed by atoms with Crippen LogP contribution in [0.2, 0.25) is 0 Å². The fourth-order valence-electron chi connectivity index (χ4n) is 4.25. The second kappa shape index (κ2) is 7.54. The van der Waals surface area contributed by atoms with E-state index in [1.807, 2.05) is 18.3 Å². The minimum absolute atomic E-state index is 0.682. The smallest absolute Gasteiger partial charge is 0.141 e. The summed E-state index contributed by atoms with van der Waals surface area (Å²) in [6.45, 7) is 5.47. The molecule has 132 valence electrons. The maximum Gasteiger partial charge on any atom is 0.141 e. The van der Waals surface area contributed by atoms with Gasteiger partial charge in [-0.2, -0.15) is 0 Å². The highest BCUT2D eigenvalue weighted by Crippen LogP contribution is 2.26. The molecule has 0 N–H and O–H groups in total. The van der Waals surface area contributed by atoms with Gasteiger partial charge in [0.1, 0.15) is 5.75 Å². The average molecular weight is 337 g/mol. The van der Waals surface area contributed by atoms with E-state index < -0.39 is 0 Å². The van der Waals surface area contributed by atoms with E-state index >= 15 is 0 Å². The summed E-state index contributed by atoms with van der Waals surface area (Å²) in [6.07, 6.45) is 5.51. The Balaban J connectivity index is 1.36. The molecule has 0 atom stereocenters. The molecule has 1 fully saturated rings. The number of methoxy groups -OCH3 is 1. The first-order valence-corrected chi connectivity index (χ1v) is 9.34. The molecular formula is C21H27N3O. The molecular weight excluding hydrogens is 310 g/mol. The molecule has 25 heavy (non-hydrogen) atoms. The lowest BCUT2D eigenvalue weighted by molar-refractivity contribution is 0.200. The fraction of sp³-hybridized carbons (Fsp3) is 0.476. The highest BCUT2D eigenvalue weighted by Gasteiger charge is 2.28. The fourth-order valence-corrected chi connectivity index (χ4v) is 4.25. The number of ether oxygens (including phenoxy) is 1. The zero-order valence-electron chi connectivity index (χ0n) is 15.0. The van der Waals surface area contributed by atoms with Gasteiger partial charge in [-0.1, -0.05) is 24.3 Å². The largest absolute Gasteiger partial charge is 0.495 e. The van der Waals surface area contributed by atoms with Gasteiger partial charge in [-0.15, -0.1) is 0 Å². The van der Waals surface area contributed by atoms with Crippen LogP contribution in [0.4, 0.5) is 0 Å². The summed E-state index contributed by atoms with van der Waals surface area (Å²) < 4.78 is 5.46. The molecule has 0 radical (unpaired) electrons. The maximum atomic E-state index is 5.46. The Kier molecular flexibility index (Phi) is 4.99. The molecule has 1 aromatic heterocycles. The number of hydrogen-bond donors (Lipinski definition) is 0. The summed E-state index contributed by atoms with van der Waals surface area (Å²) in [5.74, 6) is 0.898. The number of aromatic nitrogens is 1. The minimum Gasteiger partial charge on any atom is -0.495 e. The van der Waals surface area contributed by atoms with E-state index in [-0.39, 0.29) is 0 Å². The molecule has 2 heterocycles. The van der Waals surface area contributed by atoms with Crippen LogP contribution < -0.4 is 4.74 Å². The molecule has 2 aliphatic rings. The molecule has 1 aromatic carbocycles. The van der Waals surface area contributed by atoms with Crippen LogP contribution in [0.5, 0.6) is 5.75 Å². The van der Waals surface area contributed by atoms with Crippen molar-refractivity contribution in [3.05, 3.63) is 59.4 Å². The maximum absolute atomic E-state index is 5.46. The zero-order valence-corrected chi connectivity index (χ0v) is 15.0. The number of benzene rings is 1. The third-order valence-corrected chi connectivity index (χ3v) is 5.61. The van der Waals surface area contributed by atoms with E-state index in [4.69, 9.17) is 4.74 Å². The number of fused-ring (bicyclic) bond motifs is 1. The summed E-state index contributed by atoms with van der Waals surface area (Å²) in [5.41, 5.74) is 4.14. The molecule has 0 bridgehead atoms. The van der Waals surface area contributed by atoms with Crippen molar-refractivity contribution in [3.8, 4) is 5.75 Å². The van der Waals surface area contributed by atoms with Crippen LogP contribution in [0.25, 0.3) is 0 Å². The molecule has 1 aliphatic carbocycles. The van der Waals surface area contributed by atoms with Crippen LogP contribution in [0.15, 0.2) is 42.6 Å². The minimum atomic E-state index is 0.682. The van der Waals surface area contributed by atoms with Gasteiger partial charge in [0.15, 0.2) is 0 Å². The van der Waals surface area contributed by atoms with Gasteiger partial charge in [-0.05, 0) is 55.6 Å². The van der Waals surface area contributed by atoms with Crippen LogP contribution in [0.1, 0.15) is 23.2 Å². The lowest BCUT2D eigenvalue weighted by Crippen LogP contribution is -2.38. The van der Waals surface area contributed by atoms with E-state index in [2.05, 4.69) is 39.0 Å². The molecule has 0 saturated carbocycles. The Hall–Kier alpha value is -1.91. The predicted octanol–water partition coefficient (Wildman–Crippen LogP) is 2.77. The third-order valence-electron chi connectivity index (χ3n) is 5.61. The van der Waals surface area contributed by atoms with Gasteiger partial charge in [-0.25, -0.2) is 0 Å². The van der Waals surface area contributed by atoms with Crippen LogP contribution in [0, 0.1) is 0 Å². The van der Waals surface area contributed by atoms with Crippen molar-refractivity contribution in [3.63, 3.8) is 0 Å². The summed E-state index contributed by atoms with van der Waals surface area (Å²) in [4.78, 5) is 9.74. The second-order valence-corrected chi connectivity index (χ2v) is 7.15. The lowest BCUT2D eigenvalue weighted by Gasteiger charge is -2.27. The van der Waals surface area contributed by atoms with E-state index in [9.17, 15) is 0 Å². The molecule has 1 aliphatic heterocycles. The first-order valence-electron chi connectivity index (χ1n) is 9.34. The van der Waals surface area contributed by atoms with Crippen LogP contribution in [-0.4, -0.2) is 54.1 Å². The molecule has 2 aromatic rings. The molecule has 4 heteroatoms. The number of pyridine rings is 1. The monoisotopic (exact) mass is 337 g/mol. The van der Waals surface area contributed by atoms with Gasteiger partial charge in [0, 0.05) is 31.9 Å². The lowest BCUT2D eigenvalue weighted by atomic mass is 10.1. The molecule has 4 rings (SSSR count). The summed E-state index contributed by atoms with van der Waals surface area (Å²) in [5, 5.41) is 0. The van der Waals surface area contributed by atoms with Crippen molar-refractivity contribution in [2.45, 2.75) is 31.8 Å². The molecule has 4 nitrogen and oxygen atoms in total. The van der Waals surface area contributed by atoms with Crippen molar-refractivity contribution >= 4 is 0 Å². The van der Waals surface area contributed by atoms with Crippen molar-refractivity contribution < 1.29 is 4.74 Å². The normalized spacial score (nSPS) is 19.6. The van der Waals surface area contributed by atoms with Gasteiger partial charge >= 0.3 is 0 Å². The van der Waals surface area contributed by atoms with Gasteiger partial charge in [0.2, 0.25) is 0 Å². The van der Waals surface area contributed by atoms with E-state index in [1.54, 1.807) is 18.2 Å². The van der Waals surface area contributed by atoms with E-state index in [1.165, 1.54) is 25.8 Å². The van der Waals surface area contributed by atoms with Gasteiger partial charge in [0.25, 0.3) is 0 Å². The first-order chi connectivity index (χ1) is 12.3. The standard InChI is InChI=1S/C21H27N3O/c1-25-21-8-4-9-22-20(21)16-23-10-5-11-24(13-12-23)19-14-17-6-2-3-7-18(17)15-19/h2-4,6-9,19H,5,10-16H2,1H3. The SMILES string of the molecule is COc1cccnc1CN1CCCN(C2Cc3ccccc3C2)CC1. The van der Waals surface area contributed by atoms with Crippen molar-refractivity contribution in [2.75, 3.05) is 33.3 Å². The Labute approximate surface area is 150 Å². The van der Waals surface area contributed by atoms with Gasteiger partial charge in [-0.3, -0.25) is 14.8 Å². The zero-order chi connectivity index (χ0) is 17.1. The van der Waals surface area contributed by atoms with Crippen LogP contribution >= 0.6 is 0 Å². The summed E-state index contributed by atoms with van der Waals surface area (Å²) >= 11 is 0. The van der Waals surface area contributed by atoms with Crippen LogP contribution in [0.3, 0.4) is 0 Å². The van der Waals surface area contributed by atoms with Gasteiger partial charge < -0.3 is 4.74 Å². The number of rotatable bonds is 4. The van der Waals surface area contributed by atoms with Crippen molar-refractivity contribution in [1.82, 2.24) is 14.8 Å². The molecule has 0 amide bonds. The highest BCUT2D eigenvalue weighted by molar-refractivity contribution is 5.33. The molecule has 1 saturated heterocycles. The topological polar surface area (TPSA) is 28.6 Å². The molecule has 0 unspecified atom stereocenters. The first kappa shape index (κ1) is 16.6. The number of hydrogen-bond acceptors (Lipinski definition) is 4. The van der Waals surface area contributed by atoms with Crippen molar-refractivity contribution in [2.24, 2.45) is 0 Å². The summed E-state index contributed by atoms with van der Waals surface area (Å²) in [6, 6.07) is 13.6. The van der Waals surface area contributed by atoms with E-state index in [0.717, 1.165) is 37.6 Å². The molecule has 0 spiro atoms. The second-order valence-electron chi connectivity index (χ2n) is 7.15. The van der Waals surface area contributed by atoms with E-state index in [0.29, 0.717) is 6.04 Å². The Morgan fingerprint density at radius 1 is 1.00 bits per heavy atom.